The lowest BCUT2D eigenvalue weighted by atomic mass is 9.71. The second kappa shape index (κ2) is 7.51. The molecule has 1 aliphatic heterocycles. The summed E-state index contributed by atoms with van der Waals surface area (Å²) in [6, 6.07) is 8.73. The van der Waals surface area contributed by atoms with Crippen molar-refractivity contribution >= 4 is 17.5 Å². The van der Waals surface area contributed by atoms with E-state index in [1.165, 1.54) is 11.1 Å². The molecule has 1 aromatic carbocycles. The Morgan fingerprint density at radius 1 is 1.23 bits per heavy atom. The van der Waals surface area contributed by atoms with Gasteiger partial charge in [-0.15, -0.1) is 10.2 Å². The molecule has 2 aliphatic rings. The third-order valence-electron chi connectivity index (χ3n) is 6.80. The zero-order chi connectivity index (χ0) is 21.6. The monoisotopic (exact) mass is 419 g/mol. The van der Waals surface area contributed by atoms with Gasteiger partial charge in [0.25, 0.3) is 0 Å². The first-order valence-corrected chi connectivity index (χ1v) is 11.0. The number of carbonyl (C=O) groups is 1. The van der Waals surface area contributed by atoms with Gasteiger partial charge in [-0.25, -0.2) is 9.78 Å². The zero-order valence-corrected chi connectivity index (χ0v) is 18.3. The van der Waals surface area contributed by atoms with Crippen LogP contribution >= 0.6 is 0 Å². The normalized spacial score (nSPS) is 22.9. The Labute approximate surface area is 182 Å². The van der Waals surface area contributed by atoms with Gasteiger partial charge in [0.05, 0.1) is 6.04 Å². The van der Waals surface area contributed by atoms with Gasteiger partial charge in [-0.2, -0.15) is 0 Å². The van der Waals surface area contributed by atoms with Crippen molar-refractivity contribution in [3.8, 4) is 0 Å². The summed E-state index contributed by atoms with van der Waals surface area (Å²) in [5.74, 6) is 0.816. The van der Waals surface area contributed by atoms with Gasteiger partial charge in [0, 0.05) is 38.1 Å². The van der Waals surface area contributed by atoms with Gasteiger partial charge >= 0.3 is 6.03 Å². The third-order valence-corrected chi connectivity index (χ3v) is 6.80. The highest BCUT2D eigenvalue weighted by Crippen LogP contribution is 2.41. The molecular formula is C23H29N7O. The fraction of sp³-hybridized carbons (Fsp3) is 0.478. The Hall–Kier alpha value is -3.16. The van der Waals surface area contributed by atoms with Crippen molar-refractivity contribution in [2.24, 2.45) is 0 Å². The first kappa shape index (κ1) is 19.8. The van der Waals surface area contributed by atoms with Crippen LogP contribution in [0.15, 0.2) is 43.0 Å². The number of hydrogen-bond acceptors (Lipinski definition) is 5. The highest BCUT2D eigenvalue weighted by Gasteiger charge is 2.35. The number of nitrogens with zero attached hydrogens (tertiary/aromatic N) is 6. The summed E-state index contributed by atoms with van der Waals surface area (Å²) in [5.41, 5.74) is 3.49. The van der Waals surface area contributed by atoms with Gasteiger partial charge in [-0.1, -0.05) is 38.1 Å². The van der Waals surface area contributed by atoms with Gasteiger partial charge < -0.3 is 15.1 Å². The maximum absolute atomic E-state index is 13.2. The van der Waals surface area contributed by atoms with E-state index in [9.17, 15) is 4.79 Å². The fourth-order valence-electron chi connectivity index (χ4n) is 5.01. The predicted molar refractivity (Wildman–Crippen MR) is 119 cm³/mol. The minimum atomic E-state index is 0.0136. The molecule has 0 spiro atoms. The van der Waals surface area contributed by atoms with Crippen LogP contribution < -0.4 is 10.2 Å². The molecule has 0 radical (unpaired) electrons. The van der Waals surface area contributed by atoms with Crippen molar-refractivity contribution < 1.29 is 4.79 Å². The van der Waals surface area contributed by atoms with Crippen molar-refractivity contribution in [2.45, 2.75) is 51.1 Å². The first-order valence-electron chi connectivity index (χ1n) is 11.0. The molecule has 2 amide bonds. The summed E-state index contributed by atoms with van der Waals surface area (Å²) in [6.45, 7) is 8.70. The van der Waals surface area contributed by atoms with Crippen molar-refractivity contribution in [1.29, 1.82) is 0 Å². The van der Waals surface area contributed by atoms with Gasteiger partial charge in [-0.3, -0.25) is 4.40 Å². The van der Waals surface area contributed by atoms with E-state index in [-0.39, 0.29) is 23.5 Å². The van der Waals surface area contributed by atoms with Gasteiger partial charge in [0.15, 0.2) is 5.82 Å². The highest BCUT2D eigenvalue weighted by atomic mass is 16.2. The number of nitrogens with one attached hydrogen (secondary N) is 1. The number of piperazine rings is 1. The molecule has 1 N–H and O–H groups in total. The van der Waals surface area contributed by atoms with E-state index in [2.05, 4.69) is 70.4 Å². The van der Waals surface area contributed by atoms with Crippen molar-refractivity contribution in [3.05, 3.63) is 54.1 Å². The Bertz CT molecular complexity index is 1110. The molecule has 2 atom stereocenters. The Balaban J connectivity index is 1.29. The molecule has 2 aromatic heterocycles. The van der Waals surface area contributed by atoms with Gasteiger partial charge in [0.1, 0.15) is 6.33 Å². The molecule has 0 bridgehead atoms. The highest BCUT2D eigenvalue weighted by molar-refractivity contribution is 5.76. The average molecular weight is 420 g/mol. The second-order valence-corrected chi connectivity index (χ2v) is 9.31. The minimum absolute atomic E-state index is 0.0136. The molecule has 3 heterocycles. The number of benzene rings is 1. The van der Waals surface area contributed by atoms with Crippen LogP contribution in [0.4, 0.5) is 10.6 Å². The Morgan fingerprint density at radius 2 is 2.06 bits per heavy atom. The molecule has 31 heavy (non-hydrogen) atoms. The quantitative estimate of drug-likeness (QED) is 0.690. The van der Waals surface area contributed by atoms with Gasteiger partial charge in [0.2, 0.25) is 5.65 Å². The topological polar surface area (TPSA) is 78.7 Å². The van der Waals surface area contributed by atoms with E-state index in [4.69, 9.17) is 0 Å². The number of fused-ring (bicyclic) bond motifs is 2. The summed E-state index contributed by atoms with van der Waals surface area (Å²) < 4.78 is 1.87. The predicted octanol–water partition coefficient (Wildman–Crippen LogP) is 3.16. The van der Waals surface area contributed by atoms with Crippen LogP contribution in [0, 0.1) is 0 Å². The lowest BCUT2D eigenvalue weighted by molar-refractivity contribution is 0.180. The van der Waals surface area contributed by atoms with Crippen LogP contribution in [0.5, 0.6) is 0 Å². The summed E-state index contributed by atoms with van der Waals surface area (Å²) >= 11 is 0. The van der Waals surface area contributed by atoms with E-state index >= 15 is 0 Å². The number of urea groups is 1. The lowest BCUT2D eigenvalue weighted by Crippen LogP contribution is -2.56. The molecule has 2 unspecified atom stereocenters. The Kier molecular flexibility index (Phi) is 4.79. The number of aromatic nitrogens is 4. The third kappa shape index (κ3) is 3.49. The van der Waals surface area contributed by atoms with E-state index in [1.54, 1.807) is 12.5 Å². The molecule has 162 valence electrons. The number of rotatable bonds is 2. The fourth-order valence-corrected chi connectivity index (χ4v) is 5.01. The Morgan fingerprint density at radius 3 is 2.90 bits per heavy atom. The zero-order valence-electron chi connectivity index (χ0n) is 18.3. The summed E-state index contributed by atoms with van der Waals surface area (Å²) in [4.78, 5) is 21.8. The van der Waals surface area contributed by atoms with Crippen molar-refractivity contribution in [3.63, 3.8) is 0 Å². The molecular weight excluding hydrogens is 390 g/mol. The van der Waals surface area contributed by atoms with Crippen LogP contribution in [0.3, 0.4) is 0 Å². The average Bonchev–Trinajstić information content (AvgIpc) is 3.25. The van der Waals surface area contributed by atoms with E-state index in [0.717, 1.165) is 24.3 Å². The van der Waals surface area contributed by atoms with Crippen LogP contribution in [0.2, 0.25) is 0 Å². The molecule has 1 fully saturated rings. The van der Waals surface area contributed by atoms with E-state index in [0.29, 0.717) is 19.6 Å². The molecule has 8 heteroatoms. The second-order valence-electron chi connectivity index (χ2n) is 9.31. The lowest BCUT2D eigenvalue weighted by Gasteiger charge is -2.42. The molecule has 1 aliphatic carbocycles. The summed E-state index contributed by atoms with van der Waals surface area (Å²) in [6.07, 6.45) is 7.31. The largest absolute Gasteiger partial charge is 0.347 e. The minimum Gasteiger partial charge on any atom is -0.347 e. The molecule has 5 rings (SSSR count). The standard InChI is InChI=1S/C23H29N7O/c1-16-14-28(12-13-30(16)20-21-27-25-15-29(21)11-10-24-20)22(31)26-19-8-9-23(2,3)18-7-5-4-6-17(18)19/h4-7,10-11,15-16,19H,8-9,12-14H2,1-3H3,(H,26,31). The van der Waals surface area contributed by atoms with Gasteiger partial charge in [-0.05, 0) is 36.3 Å². The first-order chi connectivity index (χ1) is 14.9. The van der Waals surface area contributed by atoms with E-state index in [1.807, 2.05) is 15.5 Å². The number of carbonyl (C=O) groups excluding carboxylic acids is 1. The van der Waals surface area contributed by atoms with E-state index < -0.39 is 0 Å². The number of hydrogen-bond donors (Lipinski definition) is 1. The molecule has 0 saturated carbocycles. The molecule has 1 saturated heterocycles. The van der Waals surface area contributed by atoms with Crippen LogP contribution in [0.1, 0.15) is 50.8 Å². The number of anilines is 1. The smallest absolute Gasteiger partial charge is 0.318 e. The van der Waals surface area contributed by atoms with Crippen LogP contribution in [-0.2, 0) is 5.41 Å². The molecule has 3 aromatic rings. The van der Waals surface area contributed by atoms with Crippen LogP contribution in [0.25, 0.3) is 5.65 Å². The van der Waals surface area contributed by atoms with Crippen molar-refractivity contribution in [2.75, 3.05) is 24.5 Å². The van der Waals surface area contributed by atoms with Crippen molar-refractivity contribution in [1.82, 2.24) is 29.8 Å². The molecule has 8 nitrogen and oxygen atoms in total. The number of amides is 2. The maximum Gasteiger partial charge on any atom is 0.318 e. The van der Waals surface area contributed by atoms with Crippen LogP contribution in [-0.4, -0.2) is 56.2 Å². The summed E-state index contributed by atoms with van der Waals surface area (Å²) in [7, 11) is 0. The SMILES string of the molecule is CC1CN(C(=O)NC2CCC(C)(C)c3ccccc32)CCN1c1nccn2cnnc12. The maximum atomic E-state index is 13.2. The summed E-state index contributed by atoms with van der Waals surface area (Å²) in [5, 5.41) is 11.5.